The molecule has 0 saturated carbocycles. The Morgan fingerprint density at radius 3 is 2.50 bits per heavy atom. The second-order valence-electron chi connectivity index (χ2n) is 7.42. The predicted octanol–water partition coefficient (Wildman–Crippen LogP) is 4.82. The molecule has 0 amide bonds. The van der Waals surface area contributed by atoms with Gasteiger partial charge in [-0.3, -0.25) is 4.79 Å². The van der Waals surface area contributed by atoms with Crippen LogP contribution >= 0.6 is 0 Å². The molecule has 1 aliphatic carbocycles. The molecule has 0 aromatic rings. The largest absolute Gasteiger partial charge is 0.458 e. The van der Waals surface area contributed by atoms with Crippen LogP contribution in [-0.4, -0.2) is 24.1 Å². The lowest BCUT2D eigenvalue weighted by molar-refractivity contribution is -0.145. The molecule has 2 rings (SSSR count). The maximum Gasteiger partial charge on any atom is 0.334 e. The van der Waals surface area contributed by atoms with Crippen LogP contribution in [0.5, 0.6) is 0 Å². The first-order valence-electron chi connectivity index (χ1n) is 9.34. The Labute approximate surface area is 156 Å². The van der Waals surface area contributed by atoms with Gasteiger partial charge in [0.15, 0.2) is 0 Å². The summed E-state index contributed by atoms with van der Waals surface area (Å²) < 4.78 is 11.1. The number of allylic oxidation sites excluding steroid dienone is 4. The summed E-state index contributed by atoms with van der Waals surface area (Å²) in [5.74, 6) is -0.850. The van der Waals surface area contributed by atoms with E-state index in [1.807, 2.05) is 13.0 Å². The minimum absolute atomic E-state index is 0.176. The number of hydrogen-bond donors (Lipinski definition) is 0. The zero-order valence-electron chi connectivity index (χ0n) is 16.3. The molecule has 4 nitrogen and oxygen atoms in total. The summed E-state index contributed by atoms with van der Waals surface area (Å²) in [4.78, 5) is 23.6. The van der Waals surface area contributed by atoms with Crippen molar-refractivity contribution in [1.29, 1.82) is 0 Å². The van der Waals surface area contributed by atoms with Crippen LogP contribution in [-0.2, 0) is 19.1 Å². The number of fused-ring (bicyclic) bond motifs is 1. The lowest BCUT2D eigenvalue weighted by Crippen LogP contribution is -2.26. The van der Waals surface area contributed by atoms with Gasteiger partial charge in [-0.2, -0.15) is 0 Å². The van der Waals surface area contributed by atoms with Gasteiger partial charge in [-0.1, -0.05) is 29.9 Å². The third kappa shape index (κ3) is 5.45. The monoisotopic (exact) mass is 358 g/mol. The molecule has 4 heteroatoms. The number of hydrogen-bond acceptors (Lipinski definition) is 4. The molecule has 0 N–H and O–H groups in total. The van der Waals surface area contributed by atoms with Gasteiger partial charge in [0.2, 0.25) is 0 Å². The molecule has 1 saturated heterocycles. The standard InChI is InChI=1S/C22H30O4/c1-14-8-6-10-15(2)12-21-19(17(4)22(24)26-21)13-20(25-18(5)23)16(3)11-7-9-14/h8,11-12,19-21H,4,6-7,9-10,13H2,1-3,5H3/b14-8+,15-12+,16-11+/t19-,20-,21-/m0/s1. The summed E-state index contributed by atoms with van der Waals surface area (Å²) in [7, 11) is 0. The van der Waals surface area contributed by atoms with Crippen molar-refractivity contribution >= 4 is 11.9 Å². The van der Waals surface area contributed by atoms with E-state index in [9.17, 15) is 9.59 Å². The molecule has 0 spiro atoms. The van der Waals surface area contributed by atoms with E-state index in [-0.39, 0.29) is 30.1 Å². The van der Waals surface area contributed by atoms with Crippen molar-refractivity contribution in [2.45, 2.75) is 72.0 Å². The Bertz CT molecular complexity index is 666. The molecule has 1 fully saturated rings. The van der Waals surface area contributed by atoms with Crippen LogP contribution in [0.4, 0.5) is 0 Å². The van der Waals surface area contributed by atoms with Crippen molar-refractivity contribution in [1.82, 2.24) is 0 Å². The molecule has 1 heterocycles. The van der Waals surface area contributed by atoms with E-state index in [2.05, 4.69) is 32.6 Å². The Morgan fingerprint density at radius 2 is 1.81 bits per heavy atom. The van der Waals surface area contributed by atoms with Crippen LogP contribution in [0.1, 0.15) is 59.8 Å². The van der Waals surface area contributed by atoms with Gasteiger partial charge in [0.1, 0.15) is 12.2 Å². The first-order valence-corrected chi connectivity index (χ1v) is 9.34. The summed E-state index contributed by atoms with van der Waals surface area (Å²) in [6.45, 7) is 11.5. The third-order valence-electron chi connectivity index (χ3n) is 5.12. The van der Waals surface area contributed by atoms with Crippen LogP contribution in [0.2, 0.25) is 0 Å². The van der Waals surface area contributed by atoms with Crippen LogP contribution in [0.3, 0.4) is 0 Å². The third-order valence-corrected chi connectivity index (χ3v) is 5.12. The predicted molar refractivity (Wildman–Crippen MR) is 102 cm³/mol. The zero-order valence-corrected chi connectivity index (χ0v) is 16.3. The lowest BCUT2D eigenvalue weighted by Gasteiger charge is -2.23. The topological polar surface area (TPSA) is 52.6 Å². The Morgan fingerprint density at radius 1 is 1.15 bits per heavy atom. The number of carbonyl (C=O) groups is 2. The van der Waals surface area contributed by atoms with Crippen LogP contribution < -0.4 is 0 Å². The van der Waals surface area contributed by atoms with E-state index in [4.69, 9.17) is 9.47 Å². The van der Waals surface area contributed by atoms with E-state index < -0.39 is 0 Å². The second-order valence-corrected chi connectivity index (χ2v) is 7.42. The van der Waals surface area contributed by atoms with Gasteiger partial charge in [-0.25, -0.2) is 4.79 Å². The van der Waals surface area contributed by atoms with Crippen molar-refractivity contribution < 1.29 is 19.1 Å². The Kier molecular flexibility index (Phi) is 7.01. The van der Waals surface area contributed by atoms with Gasteiger partial charge in [-0.05, 0) is 64.5 Å². The second kappa shape index (κ2) is 9.02. The smallest absolute Gasteiger partial charge is 0.334 e. The van der Waals surface area contributed by atoms with Gasteiger partial charge < -0.3 is 9.47 Å². The zero-order chi connectivity index (χ0) is 19.3. The summed E-state index contributed by atoms with van der Waals surface area (Å²) in [5.41, 5.74) is 4.03. The highest BCUT2D eigenvalue weighted by Crippen LogP contribution is 2.34. The molecule has 2 aliphatic rings. The number of ether oxygens (including phenoxy) is 2. The maximum absolute atomic E-state index is 12.1. The van der Waals surface area contributed by atoms with Gasteiger partial charge >= 0.3 is 11.9 Å². The summed E-state index contributed by atoms with van der Waals surface area (Å²) >= 11 is 0. The average molecular weight is 358 g/mol. The molecular formula is C22H30O4. The van der Waals surface area contributed by atoms with Gasteiger partial charge in [-0.15, -0.1) is 0 Å². The molecular weight excluding hydrogens is 328 g/mol. The van der Waals surface area contributed by atoms with E-state index in [0.717, 1.165) is 31.3 Å². The molecule has 0 unspecified atom stereocenters. The SMILES string of the molecule is C=C1C(=O)O[C@H]2/C=C(\C)CC/C=C(\C)CC/C=C(\C)[C@@H](OC(C)=O)C[C@@H]12. The fourth-order valence-corrected chi connectivity index (χ4v) is 3.49. The summed E-state index contributed by atoms with van der Waals surface area (Å²) in [6.07, 6.45) is 10.1. The van der Waals surface area contributed by atoms with Crippen molar-refractivity contribution in [3.63, 3.8) is 0 Å². The highest BCUT2D eigenvalue weighted by atomic mass is 16.6. The fraction of sp³-hybridized carbons (Fsp3) is 0.545. The van der Waals surface area contributed by atoms with Gasteiger partial charge in [0, 0.05) is 18.4 Å². The van der Waals surface area contributed by atoms with E-state index in [1.54, 1.807) is 0 Å². The minimum atomic E-state index is -0.368. The van der Waals surface area contributed by atoms with Gasteiger partial charge in [0.25, 0.3) is 0 Å². The van der Waals surface area contributed by atoms with Crippen molar-refractivity contribution in [2.24, 2.45) is 5.92 Å². The van der Waals surface area contributed by atoms with Crippen molar-refractivity contribution in [3.05, 3.63) is 47.1 Å². The van der Waals surface area contributed by atoms with Crippen LogP contribution in [0.25, 0.3) is 0 Å². The first kappa shape index (κ1) is 20.2. The Hall–Kier alpha value is -2.10. The van der Waals surface area contributed by atoms with E-state index >= 15 is 0 Å². The first-order chi connectivity index (χ1) is 12.3. The van der Waals surface area contributed by atoms with Crippen LogP contribution in [0.15, 0.2) is 47.1 Å². The van der Waals surface area contributed by atoms with Crippen LogP contribution in [0, 0.1) is 5.92 Å². The van der Waals surface area contributed by atoms with E-state index in [1.165, 1.54) is 18.1 Å². The number of rotatable bonds is 1. The highest BCUT2D eigenvalue weighted by molar-refractivity contribution is 5.91. The molecule has 3 atom stereocenters. The fourth-order valence-electron chi connectivity index (χ4n) is 3.49. The minimum Gasteiger partial charge on any atom is -0.458 e. The number of carbonyl (C=O) groups excluding carboxylic acids is 2. The van der Waals surface area contributed by atoms with Crippen molar-refractivity contribution in [3.8, 4) is 0 Å². The normalized spacial score (nSPS) is 34.2. The Balaban J connectivity index is 2.35. The molecule has 26 heavy (non-hydrogen) atoms. The van der Waals surface area contributed by atoms with Crippen molar-refractivity contribution in [2.75, 3.05) is 0 Å². The summed E-state index contributed by atoms with van der Waals surface area (Å²) in [6, 6.07) is 0. The molecule has 1 aliphatic heterocycles. The molecule has 0 radical (unpaired) electrons. The molecule has 0 aromatic heterocycles. The number of esters is 2. The van der Waals surface area contributed by atoms with E-state index in [0.29, 0.717) is 12.0 Å². The molecule has 0 aromatic carbocycles. The average Bonchev–Trinajstić information content (AvgIpc) is 2.80. The molecule has 142 valence electrons. The lowest BCUT2D eigenvalue weighted by atomic mass is 9.87. The quantitative estimate of drug-likeness (QED) is 0.383. The summed E-state index contributed by atoms with van der Waals surface area (Å²) in [5, 5.41) is 0. The maximum atomic E-state index is 12.1. The van der Waals surface area contributed by atoms with Gasteiger partial charge in [0.05, 0.1) is 0 Å². The highest BCUT2D eigenvalue weighted by Gasteiger charge is 2.39. The molecule has 0 bridgehead atoms.